The Kier molecular flexibility index (Phi) is 10.8. The first kappa shape index (κ1) is 45.0. The molecule has 3 aliphatic heterocycles. The Morgan fingerprint density at radius 1 is 1.00 bits per heavy atom. The number of thiophene rings is 1. The third-order valence-electron chi connectivity index (χ3n) is 13.8. The molecule has 3 saturated heterocycles. The Morgan fingerprint density at radius 2 is 1.70 bits per heavy atom. The van der Waals surface area contributed by atoms with Gasteiger partial charge in [-0.2, -0.15) is 28.2 Å². The molecule has 3 unspecified atom stereocenters. The number of aromatic nitrogens is 5. The number of hydrogen-bond donors (Lipinski definition) is 0. The number of rotatable bonds is 9. The first-order valence-electron chi connectivity index (χ1n) is 22.1. The molecule has 0 N–H and O–H groups in total. The summed E-state index contributed by atoms with van der Waals surface area (Å²) in [5, 5.41) is 5.82. The molecule has 4 fully saturated rings. The smallest absolute Gasteiger partial charge is 0.417 e. The number of fused-ring (bicyclic) bond motifs is 6. The van der Waals surface area contributed by atoms with E-state index < -0.39 is 62.3 Å². The molecule has 1 saturated carbocycles. The van der Waals surface area contributed by atoms with Crippen molar-refractivity contribution in [3.8, 4) is 17.3 Å². The molecule has 9 rings (SSSR count). The molecule has 1 aliphatic carbocycles. The molecule has 5 aromatic rings. The molecular formula is C45H56F5N7O5SSi. The molecule has 12 nitrogen and oxygen atoms in total. The minimum atomic E-state index is -4.74. The maximum absolute atomic E-state index is 15.3. The third kappa shape index (κ3) is 7.88. The summed E-state index contributed by atoms with van der Waals surface area (Å²) in [5.74, 6) is -2.59. The van der Waals surface area contributed by atoms with Crippen LogP contribution in [-0.2, 0) is 20.1 Å². The van der Waals surface area contributed by atoms with E-state index in [4.69, 9.17) is 28.6 Å². The van der Waals surface area contributed by atoms with Crippen LogP contribution in [0.4, 0.5) is 32.6 Å². The molecule has 1 aromatic carbocycles. The first-order chi connectivity index (χ1) is 29.9. The van der Waals surface area contributed by atoms with Crippen LogP contribution in [0.1, 0.15) is 97.4 Å². The summed E-state index contributed by atoms with van der Waals surface area (Å²) in [7, 11) is -2.39. The maximum atomic E-state index is 15.3. The van der Waals surface area contributed by atoms with Gasteiger partial charge in [-0.05, 0) is 95.6 Å². The Bertz CT molecular complexity index is 2620. The zero-order valence-corrected chi connectivity index (χ0v) is 39.6. The number of benzene rings is 1. The van der Waals surface area contributed by atoms with Crippen LogP contribution in [-0.4, -0.2) is 101 Å². The van der Waals surface area contributed by atoms with Crippen LogP contribution in [0.5, 0.6) is 6.01 Å². The summed E-state index contributed by atoms with van der Waals surface area (Å²) in [4.78, 5) is 32.1. The summed E-state index contributed by atoms with van der Waals surface area (Å²) in [6.07, 6.45) is 0.919. The van der Waals surface area contributed by atoms with Crippen molar-refractivity contribution in [2.24, 2.45) is 5.41 Å². The summed E-state index contributed by atoms with van der Waals surface area (Å²) in [5.41, 5.74) is -2.56. The molecule has 0 spiro atoms. The van der Waals surface area contributed by atoms with Crippen LogP contribution in [0.3, 0.4) is 0 Å². The predicted molar refractivity (Wildman–Crippen MR) is 238 cm³/mol. The zero-order valence-electron chi connectivity index (χ0n) is 37.8. The topological polar surface area (TPSA) is 117 Å². The molecule has 7 heterocycles. The normalized spacial score (nSPS) is 24.0. The van der Waals surface area contributed by atoms with E-state index in [9.17, 15) is 4.79 Å². The average Bonchev–Trinajstić information content (AvgIpc) is 3.55. The van der Waals surface area contributed by atoms with Gasteiger partial charge in [-0.25, -0.2) is 18.3 Å². The van der Waals surface area contributed by atoms with Crippen molar-refractivity contribution < 1.29 is 45.4 Å². The molecule has 4 atom stereocenters. The monoisotopic (exact) mass is 929 g/mol. The summed E-state index contributed by atoms with van der Waals surface area (Å²) in [6, 6.07) is 2.69. The first-order valence-corrected chi connectivity index (χ1v) is 25.8. The Balaban J connectivity index is 1.17. The van der Waals surface area contributed by atoms with E-state index in [1.54, 1.807) is 15.6 Å². The number of piperazine rings is 1. The number of aryl methyl sites for hydroxylation is 1. The van der Waals surface area contributed by atoms with E-state index >= 15 is 22.0 Å². The highest BCUT2D eigenvalue weighted by molar-refractivity contribution is 7.26. The van der Waals surface area contributed by atoms with Crippen LogP contribution in [0.25, 0.3) is 42.5 Å². The van der Waals surface area contributed by atoms with E-state index in [1.807, 2.05) is 33.9 Å². The average molecular weight is 930 g/mol. The van der Waals surface area contributed by atoms with Crippen molar-refractivity contribution in [3.05, 3.63) is 35.7 Å². The van der Waals surface area contributed by atoms with E-state index in [0.29, 0.717) is 57.8 Å². The SMILES string of the molecule is Cc1cc2c(cnn2C2CCCCO2)c(-c2nccc3c2sc2nc(OC[C@]4(CO[Si](C)(C)C(C)(C)C)CC4(F)F)nc(N4CC5CCC(C4)N5C(=O)OC(C)(C)C)c23)c1C(F)(F)F. The van der Waals surface area contributed by atoms with Gasteiger partial charge in [0.1, 0.15) is 22.9 Å². The predicted octanol–water partition coefficient (Wildman–Crippen LogP) is 11.3. The number of ether oxygens (including phenoxy) is 3. The van der Waals surface area contributed by atoms with E-state index in [2.05, 4.69) is 35.8 Å². The van der Waals surface area contributed by atoms with Crippen LogP contribution < -0.4 is 9.64 Å². The quantitative estimate of drug-likeness (QED) is 0.104. The van der Waals surface area contributed by atoms with Crippen LogP contribution in [0, 0.1) is 12.3 Å². The van der Waals surface area contributed by atoms with Gasteiger partial charge >= 0.3 is 18.3 Å². The van der Waals surface area contributed by atoms with E-state index in [-0.39, 0.29) is 51.9 Å². The van der Waals surface area contributed by atoms with Gasteiger partial charge in [0.25, 0.3) is 5.92 Å². The van der Waals surface area contributed by atoms with Crippen molar-refractivity contribution in [2.75, 3.05) is 37.8 Å². The molecule has 4 aliphatic rings. The van der Waals surface area contributed by atoms with Gasteiger partial charge in [0.15, 0.2) is 14.5 Å². The largest absolute Gasteiger partial charge is 0.462 e. The van der Waals surface area contributed by atoms with Crippen molar-refractivity contribution >= 4 is 62.8 Å². The highest BCUT2D eigenvalue weighted by Crippen LogP contribution is 2.61. The molecule has 1 amide bonds. The van der Waals surface area contributed by atoms with Gasteiger partial charge in [0.05, 0.1) is 50.6 Å². The maximum Gasteiger partial charge on any atom is 0.417 e. The number of nitrogens with zero attached hydrogens (tertiary/aromatic N) is 7. The molecule has 2 bridgehead atoms. The van der Waals surface area contributed by atoms with Gasteiger partial charge < -0.3 is 23.5 Å². The van der Waals surface area contributed by atoms with Crippen LogP contribution in [0.2, 0.25) is 18.1 Å². The van der Waals surface area contributed by atoms with Gasteiger partial charge in [0.2, 0.25) is 0 Å². The number of anilines is 1. The lowest BCUT2D eigenvalue weighted by Gasteiger charge is -2.42. The summed E-state index contributed by atoms with van der Waals surface area (Å²) >= 11 is 1.15. The number of halogens is 5. The fraction of sp³-hybridized carbons (Fsp3) is 0.622. The second-order valence-corrected chi connectivity index (χ2v) is 26.4. The van der Waals surface area contributed by atoms with Crippen molar-refractivity contribution in [2.45, 2.75) is 141 Å². The highest BCUT2D eigenvalue weighted by Gasteiger charge is 2.72. The van der Waals surface area contributed by atoms with Gasteiger partial charge in [-0.1, -0.05) is 20.8 Å². The highest BCUT2D eigenvalue weighted by atomic mass is 32.1. The second-order valence-electron chi connectivity index (χ2n) is 20.6. The number of pyridine rings is 1. The zero-order chi connectivity index (χ0) is 45.9. The Hall–Kier alpha value is -4.20. The molecule has 4 aromatic heterocycles. The van der Waals surface area contributed by atoms with Crippen molar-refractivity contribution in [1.29, 1.82) is 0 Å². The number of alkyl halides is 5. The van der Waals surface area contributed by atoms with Gasteiger partial charge in [-0.3, -0.25) is 9.88 Å². The van der Waals surface area contributed by atoms with Crippen LogP contribution >= 0.6 is 11.3 Å². The van der Waals surface area contributed by atoms with E-state index in [0.717, 1.165) is 37.0 Å². The van der Waals surface area contributed by atoms with Crippen LogP contribution in [0.15, 0.2) is 24.5 Å². The summed E-state index contributed by atoms with van der Waals surface area (Å²) in [6.45, 7) is 17.8. The lowest BCUT2D eigenvalue weighted by Crippen LogP contribution is -2.57. The lowest BCUT2D eigenvalue weighted by molar-refractivity contribution is -0.137. The lowest BCUT2D eigenvalue weighted by atomic mass is 9.94. The Morgan fingerprint density at radius 3 is 2.31 bits per heavy atom. The molecule has 19 heteroatoms. The number of amides is 1. The van der Waals surface area contributed by atoms with Crippen molar-refractivity contribution in [1.82, 2.24) is 29.6 Å². The van der Waals surface area contributed by atoms with Gasteiger partial charge in [0, 0.05) is 55.3 Å². The second kappa shape index (κ2) is 15.4. The minimum Gasteiger partial charge on any atom is -0.462 e. The fourth-order valence-corrected chi connectivity index (χ4v) is 11.5. The molecule has 0 radical (unpaired) electrons. The number of hydrogen-bond acceptors (Lipinski definition) is 11. The molecule has 64 heavy (non-hydrogen) atoms. The standard InChI is InChI=1S/C45H56F5N7O5SSi/c1-25-18-30-29(19-52-57(30)31-12-10-11-17-59-31)32(34(25)45(48,49)50)35-36-28(15-16-51-35)33-37(55-20-26-13-14-27(21-55)56(26)40(58)62-41(2,3)4)53-39(54-38(33)63-36)60-23-43(22-44(43,46)47)24-61-64(8,9)42(5,6)7/h15-16,18-19,26-27,31H,10-14,17,20-24H2,1-9H3/t26?,27?,31?,43-/m0/s1. The molecule has 346 valence electrons. The summed E-state index contributed by atoms with van der Waals surface area (Å²) < 4.78 is 103. The number of carbonyl (C=O) groups is 1. The fourth-order valence-electron chi connectivity index (χ4n) is 9.27. The van der Waals surface area contributed by atoms with Crippen molar-refractivity contribution in [3.63, 3.8) is 0 Å². The molecular weight excluding hydrogens is 874 g/mol. The third-order valence-corrected chi connectivity index (χ3v) is 19.4. The minimum absolute atomic E-state index is 0.0188. The van der Waals surface area contributed by atoms with E-state index in [1.165, 1.54) is 25.4 Å². The van der Waals surface area contributed by atoms with Gasteiger partial charge in [-0.15, -0.1) is 11.3 Å². The Labute approximate surface area is 373 Å². The number of carbonyl (C=O) groups excluding carboxylic acids is 1.